The van der Waals surface area contributed by atoms with Crippen LogP contribution in [0.15, 0.2) is 83.9 Å². The first-order chi connectivity index (χ1) is 18.7. The van der Waals surface area contributed by atoms with Gasteiger partial charge in [0.05, 0.1) is 31.7 Å². The Balaban J connectivity index is 1.86. The van der Waals surface area contributed by atoms with Gasteiger partial charge in [-0.3, -0.25) is 0 Å². The molecule has 1 aromatic carbocycles. The van der Waals surface area contributed by atoms with E-state index in [2.05, 4.69) is 61.3 Å². The molecule has 0 spiro atoms. The molecule has 0 N–H and O–H groups in total. The van der Waals surface area contributed by atoms with E-state index in [1.807, 2.05) is 47.8 Å². The maximum Gasteiger partial charge on any atom is 0.240 e. The summed E-state index contributed by atoms with van der Waals surface area (Å²) in [6, 6.07) is 14.2. The first-order valence-electron chi connectivity index (χ1n) is 13.3. The number of nitrogens with zero attached hydrogens (tertiary/aromatic N) is 5. The molecule has 2 aromatic heterocycles. The molecule has 0 radical (unpaired) electrons. The molecule has 7 heteroatoms. The van der Waals surface area contributed by atoms with Crippen LogP contribution in [0.2, 0.25) is 0 Å². The predicted octanol–water partition coefficient (Wildman–Crippen LogP) is 6.34. The molecule has 0 bridgehead atoms. The highest BCUT2D eigenvalue weighted by atomic mass is 16.5. The first-order valence-corrected chi connectivity index (χ1v) is 13.3. The molecule has 7 nitrogen and oxygen atoms in total. The number of allylic oxidation sites excluding steroid dienone is 7. The number of aromatic nitrogens is 3. The molecule has 0 saturated carbocycles. The van der Waals surface area contributed by atoms with Gasteiger partial charge in [-0.1, -0.05) is 80.6 Å². The molecule has 0 unspecified atom stereocenters. The molecule has 4 rings (SSSR count). The SMILES string of the molecule is C\C=C/C(=C\C=C\CC)c1cc2nc(C(=N/C(=C\CC)c3ccccc3)OC)cc(N3CCOCC3)n2n1. The third kappa shape index (κ3) is 6.47. The topological polar surface area (TPSA) is 64.2 Å². The highest BCUT2D eigenvalue weighted by Gasteiger charge is 2.21. The number of methoxy groups -OCH3 is 1. The van der Waals surface area contributed by atoms with E-state index in [0.717, 1.165) is 59.9 Å². The van der Waals surface area contributed by atoms with Crippen molar-refractivity contribution in [1.29, 1.82) is 0 Å². The molecule has 0 amide bonds. The highest BCUT2D eigenvalue weighted by molar-refractivity contribution is 5.97. The summed E-state index contributed by atoms with van der Waals surface area (Å²) < 4.78 is 13.4. The van der Waals surface area contributed by atoms with Crippen molar-refractivity contribution in [3.8, 4) is 0 Å². The van der Waals surface area contributed by atoms with Crippen molar-refractivity contribution in [2.24, 2.45) is 4.99 Å². The average Bonchev–Trinajstić information content (AvgIpc) is 3.39. The number of fused-ring (bicyclic) bond motifs is 1. The zero-order valence-electron chi connectivity index (χ0n) is 22.8. The molecule has 3 aromatic rings. The lowest BCUT2D eigenvalue weighted by Crippen LogP contribution is -2.37. The Morgan fingerprint density at radius 2 is 1.87 bits per heavy atom. The summed E-state index contributed by atoms with van der Waals surface area (Å²) in [5, 5.41) is 4.98. The van der Waals surface area contributed by atoms with Gasteiger partial charge in [0.15, 0.2) is 5.65 Å². The van der Waals surface area contributed by atoms with Crippen molar-refractivity contribution >= 4 is 28.6 Å². The van der Waals surface area contributed by atoms with E-state index >= 15 is 0 Å². The molecule has 1 saturated heterocycles. The smallest absolute Gasteiger partial charge is 0.240 e. The Kier molecular flexibility index (Phi) is 9.65. The van der Waals surface area contributed by atoms with Crippen LogP contribution in [0.25, 0.3) is 16.9 Å². The monoisotopic (exact) mass is 511 g/mol. The quantitative estimate of drug-likeness (QED) is 0.191. The van der Waals surface area contributed by atoms with Gasteiger partial charge in [-0.2, -0.15) is 9.61 Å². The van der Waals surface area contributed by atoms with Crippen LogP contribution in [0, 0.1) is 0 Å². The molecule has 198 valence electrons. The van der Waals surface area contributed by atoms with Crippen LogP contribution in [-0.2, 0) is 9.47 Å². The summed E-state index contributed by atoms with van der Waals surface area (Å²) in [7, 11) is 1.64. The Morgan fingerprint density at radius 3 is 2.55 bits per heavy atom. The van der Waals surface area contributed by atoms with Crippen molar-refractivity contribution < 1.29 is 9.47 Å². The number of ether oxygens (including phenoxy) is 2. The summed E-state index contributed by atoms with van der Waals surface area (Å²) in [5.41, 5.74) is 5.17. The molecule has 38 heavy (non-hydrogen) atoms. The van der Waals surface area contributed by atoms with Crippen LogP contribution >= 0.6 is 0 Å². The number of hydrogen-bond acceptors (Lipinski definition) is 6. The van der Waals surface area contributed by atoms with Crippen LogP contribution in [0.3, 0.4) is 0 Å². The number of hydrogen-bond donors (Lipinski definition) is 0. The van der Waals surface area contributed by atoms with Gasteiger partial charge in [-0.05, 0) is 25.3 Å². The Labute approximate surface area is 225 Å². The Hall–Kier alpha value is -3.97. The summed E-state index contributed by atoms with van der Waals surface area (Å²) in [6.45, 7) is 9.12. The second-order valence-electron chi connectivity index (χ2n) is 8.84. The summed E-state index contributed by atoms with van der Waals surface area (Å²) in [4.78, 5) is 12.2. The van der Waals surface area contributed by atoms with Gasteiger partial charge in [0.25, 0.3) is 0 Å². The zero-order chi connectivity index (χ0) is 26.7. The maximum absolute atomic E-state index is 5.83. The number of anilines is 1. The third-order valence-corrected chi connectivity index (χ3v) is 6.13. The van der Waals surface area contributed by atoms with Gasteiger partial charge in [0, 0.05) is 30.8 Å². The van der Waals surface area contributed by atoms with E-state index in [-0.39, 0.29) is 0 Å². The molecular formula is C31H37N5O2. The molecule has 1 aliphatic heterocycles. The number of aliphatic imine (C=N–C) groups is 1. The van der Waals surface area contributed by atoms with Crippen molar-refractivity contribution in [3.05, 3.63) is 95.9 Å². The van der Waals surface area contributed by atoms with E-state index in [1.165, 1.54) is 0 Å². The molecule has 0 aliphatic carbocycles. The van der Waals surface area contributed by atoms with Crippen molar-refractivity contribution in [3.63, 3.8) is 0 Å². The lowest BCUT2D eigenvalue weighted by molar-refractivity contribution is 0.122. The fourth-order valence-corrected chi connectivity index (χ4v) is 4.29. The van der Waals surface area contributed by atoms with Crippen LogP contribution < -0.4 is 4.90 Å². The van der Waals surface area contributed by atoms with Crippen molar-refractivity contribution in [1.82, 2.24) is 14.6 Å². The average molecular weight is 512 g/mol. The lowest BCUT2D eigenvalue weighted by atomic mass is 10.1. The summed E-state index contributed by atoms with van der Waals surface area (Å²) >= 11 is 0. The zero-order valence-corrected chi connectivity index (χ0v) is 22.8. The maximum atomic E-state index is 5.83. The predicted molar refractivity (Wildman–Crippen MR) is 156 cm³/mol. The van der Waals surface area contributed by atoms with Gasteiger partial charge in [0.2, 0.25) is 5.90 Å². The van der Waals surface area contributed by atoms with Crippen LogP contribution in [-0.4, -0.2) is 53.9 Å². The van der Waals surface area contributed by atoms with E-state index in [4.69, 9.17) is 24.5 Å². The number of benzene rings is 1. The van der Waals surface area contributed by atoms with E-state index in [0.29, 0.717) is 24.8 Å². The Morgan fingerprint density at radius 1 is 1.08 bits per heavy atom. The van der Waals surface area contributed by atoms with Crippen LogP contribution in [0.1, 0.15) is 50.6 Å². The minimum atomic E-state index is 0.461. The second kappa shape index (κ2) is 13.5. The van der Waals surface area contributed by atoms with Gasteiger partial charge >= 0.3 is 0 Å². The van der Waals surface area contributed by atoms with Gasteiger partial charge in [-0.15, -0.1) is 0 Å². The summed E-state index contributed by atoms with van der Waals surface area (Å²) in [5.74, 6) is 1.40. The standard InChI is InChI=1S/C31H37N5O2/c1-5-8-10-15-24(13-6-2)27-22-29-32-28(23-30(36(29)34-27)35-18-20-38-21-19-35)31(37-4)33-26(14-7-3)25-16-11-9-12-17-25/h6,8-17,22-23H,5,7,18-21H2,1-4H3/b10-8+,13-6-,24-15+,26-14-,33-31?. The minimum absolute atomic E-state index is 0.461. The van der Waals surface area contributed by atoms with Crippen LogP contribution in [0.4, 0.5) is 5.82 Å². The van der Waals surface area contributed by atoms with E-state index < -0.39 is 0 Å². The molecule has 1 aliphatic rings. The lowest BCUT2D eigenvalue weighted by Gasteiger charge is -2.29. The minimum Gasteiger partial charge on any atom is -0.479 e. The largest absolute Gasteiger partial charge is 0.479 e. The van der Waals surface area contributed by atoms with Crippen molar-refractivity contribution in [2.75, 3.05) is 38.3 Å². The Bertz CT molecular complexity index is 1360. The normalized spacial score (nSPS) is 15.8. The fourth-order valence-electron chi connectivity index (χ4n) is 4.29. The molecule has 0 atom stereocenters. The van der Waals surface area contributed by atoms with Gasteiger partial charge in [0.1, 0.15) is 11.5 Å². The first kappa shape index (κ1) is 27.1. The van der Waals surface area contributed by atoms with Crippen molar-refractivity contribution in [2.45, 2.75) is 33.6 Å². The van der Waals surface area contributed by atoms with Gasteiger partial charge in [-0.25, -0.2) is 9.98 Å². The summed E-state index contributed by atoms with van der Waals surface area (Å²) in [6.07, 6.45) is 14.3. The third-order valence-electron chi connectivity index (χ3n) is 6.13. The van der Waals surface area contributed by atoms with Gasteiger partial charge < -0.3 is 14.4 Å². The molecule has 1 fully saturated rings. The second-order valence-corrected chi connectivity index (χ2v) is 8.84. The van der Waals surface area contributed by atoms with E-state index in [1.54, 1.807) is 7.11 Å². The number of rotatable bonds is 9. The van der Waals surface area contributed by atoms with Crippen LogP contribution in [0.5, 0.6) is 0 Å². The highest BCUT2D eigenvalue weighted by Crippen LogP contribution is 2.25. The van der Waals surface area contributed by atoms with E-state index in [9.17, 15) is 0 Å². The fraction of sp³-hybridized carbons (Fsp3) is 0.323. The molecular weight excluding hydrogens is 474 g/mol. The number of morpholine rings is 1. The molecule has 3 heterocycles.